The number of urea groups is 1. The number of hydrogen-bond acceptors (Lipinski definition) is 4. The number of nitrogens with zero attached hydrogens (tertiary/aromatic N) is 1. The van der Waals surface area contributed by atoms with Crippen molar-refractivity contribution in [3.05, 3.63) is 29.6 Å². The van der Waals surface area contributed by atoms with Crippen molar-refractivity contribution in [3.8, 4) is 11.3 Å². The fourth-order valence-electron chi connectivity index (χ4n) is 1.59. The molecule has 2 amide bonds. The number of nitrogens with one attached hydrogen (secondary N) is 2. The van der Waals surface area contributed by atoms with Gasteiger partial charge in [0.1, 0.15) is 0 Å². The maximum Gasteiger partial charge on any atom is 0.321 e. The quantitative estimate of drug-likeness (QED) is 0.742. The Morgan fingerprint density at radius 3 is 2.50 bits per heavy atom. The third-order valence-electron chi connectivity index (χ3n) is 2.42. The molecular weight excluding hydrogens is 272 g/mol. The Balaban J connectivity index is 2.06. The number of benzene rings is 1. The van der Waals surface area contributed by atoms with Gasteiger partial charge in [0, 0.05) is 22.2 Å². The molecule has 0 fully saturated rings. The maximum atomic E-state index is 11.7. The first-order valence-electron chi connectivity index (χ1n) is 6.24. The minimum Gasteiger partial charge on any atom is -0.399 e. The molecule has 0 aliphatic rings. The molecule has 20 heavy (non-hydrogen) atoms. The summed E-state index contributed by atoms with van der Waals surface area (Å²) >= 11 is 1.39. The Morgan fingerprint density at radius 2 is 1.90 bits per heavy atom. The zero-order valence-electron chi connectivity index (χ0n) is 11.7. The molecule has 6 heteroatoms. The van der Waals surface area contributed by atoms with Gasteiger partial charge in [-0.05, 0) is 32.9 Å². The molecule has 1 aromatic heterocycles. The Labute approximate surface area is 122 Å². The van der Waals surface area contributed by atoms with Gasteiger partial charge in [-0.2, -0.15) is 0 Å². The van der Waals surface area contributed by atoms with Crippen molar-refractivity contribution >= 4 is 28.2 Å². The molecule has 106 valence electrons. The summed E-state index contributed by atoms with van der Waals surface area (Å²) in [5.74, 6) is 0. The summed E-state index contributed by atoms with van der Waals surface area (Å²) in [5, 5.41) is 8.03. The van der Waals surface area contributed by atoms with Crippen molar-refractivity contribution in [2.75, 3.05) is 11.1 Å². The van der Waals surface area contributed by atoms with Crippen LogP contribution in [0.3, 0.4) is 0 Å². The molecule has 1 heterocycles. The number of rotatable bonds is 2. The van der Waals surface area contributed by atoms with E-state index in [0.717, 1.165) is 11.3 Å². The molecule has 2 aromatic rings. The van der Waals surface area contributed by atoms with E-state index in [-0.39, 0.29) is 11.6 Å². The lowest BCUT2D eigenvalue weighted by atomic mass is 10.1. The number of amides is 2. The second-order valence-electron chi connectivity index (χ2n) is 5.49. The molecule has 0 saturated carbocycles. The summed E-state index contributed by atoms with van der Waals surface area (Å²) in [5.41, 5.74) is 7.88. The van der Waals surface area contributed by atoms with Crippen molar-refractivity contribution in [2.24, 2.45) is 0 Å². The maximum absolute atomic E-state index is 11.7. The number of nitrogens with two attached hydrogens (primary N) is 1. The van der Waals surface area contributed by atoms with Crippen molar-refractivity contribution in [2.45, 2.75) is 26.3 Å². The van der Waals surface area contributed by atoms with Crippen LogP contribution >= 0.6 is 11.3 Å². The smallest absolute Gasteiger partial charge is 0.321 e. The molecule has 0 spiro atoms. The van der Waals surface area contributed by atoms with Crippen LogP contribution in [0, 0.1) is 0 Å². The Morgan fingerprint density at radius 1 is 1.25 bits per heavy atom. The van der Waals surface area contributed by atoms with Gasteiger partial charge in [0.05, 0.1) is 5.69 Å². The lowest BCUT2D eigenvalue weighted by molar-refractivity contribution is 0.244. The molecule has 0 aliphatic carbocycles. The number of hydrogen-bond donors (Lipinski definition) is 3. The van der Waals surface area contributed by atoms with Gasteiger partial charge in [0.15, 0.2) is 5.13 Å². The van der Waals surface area contributed by atoms with Crippen LogP contribution in [0.1, 0.15) is 20.8 Å². The van der Waals surface area contributed by atoms with Crippen molar-refractivity contribution in [1.29, 1.82) is 0 Å². The minimum atomic E-state index is -0.277. The molecular formula is C14H18N4OS. The first-order chi connectivity index (χ1) is 9.33. The van der Waals surface area contributed by atoms with Crippen LogP contribution in [-0.4, -0.2) is 16.6 Å². The van der Waals surface area contributed by atoms with E-state index in [0.29, 0.717) is 10.8 Å². The highest BCUT2D eigenvalue weighted by molar-refractivity contribution is 7.14. The highest BCUT2D eigenvalue weighted by atomic mass is 32.1. The molecule has 0 unspecified atom stereocenters. The number of nitrogen functional groups attached to an aromatic ring is 1. The number of carbonyl (C=O) groups excluding carboxylic acids is 1. The molecule has 0 radical (unpaired) electrons. The second-order valence-corrected chi connectivity index (χ2v) is 6.35. The van der Waals surface area contributed by atoms with E-state index in [9.17, 15) is 4.79 Å². The zero-order chi connectivity index (χ0) is 14.8. The monoisotopic (exact) mass is 290 g/mol. The topological polar surface area (TPSA) is 80.0 Å². The van der Waals surface area contributed by atoms with Gasteiger partial charge >= 0.3 is 6.03 Å². The molecule has 0 atom stereocenters. The number of anilines is 2. The largest absolute Gasteiger partial charge is 0.399 e. The van der Waals surface area contributed by atoms with Gasteiger partial charge in [-0.3, -0.25) is 5.32 Å². The average Bonchev–Trinajstić information content (AvgIpc) is 2.75. The number of carbonyl (C=O) groups is 1. The van der Waals surface area contributed by atoms with Crippen LogP contribution in [-0.2, 0) is 0 Å². The Kier molecular flexibility index (Phi) is 3.94. The number of thiazole rings is 1. The molecule has 2 rings (SSSR count). The molecule has 5 nitrogen and oxygen atoms in total. The van der Waals surface area contributed by atoms with E-state index >= 15 is 0 Å². The lowest BCUT2D eigenvalue weighted by Crippen LogP contribution is -2.43. The third-order valence-corrected chi connectivity index (χ3v) is 3.18. The SMILES string of the molecule is CC(C)(C)NC(=O)Nc1nc(-c2ccc(N)cc2)cs1. The fraction of sp³-hybridized carbons (Fsp3) is 0.286. The molecule has 4 N–H and O–H groups in total. The minimum absolute atomic E-state index is 0.254. The summed E-state index contributed by atoms with van der Waals surface area (Å²) < 4.78 is 0. The lowest BCUT2D eigenvalue weighted by Gasteiger charge is -2.20. The van der Waals surface area contributed by atoms with E-state index in [1.54, 1.807) is 0 Å². The third kappa shape index (κ3) is 3.96. The van der Waals surface area contributed by atoms with Gasteiger partial charge in [0.2, 0.25) is 0 Å². The van der Waals surface area contributed by atoms with Gasteiger partial charge < -0.3 is 11.1 Å². The van der Waals surface area contributed by atoms with Crippen LogP contribution in [0.5, 0.6) is 0 Å². The van der Waals surface area contributed by atoms with Crippen molar-refractivity contribution in [1.82, 2.24) is 10.3 Å². The van der Waals surface area contributed by atoms with E-state index in [2.05, 4.69) is 15.6 Å². The average molecular weight is 290 g/mol. The van der Waals surface area contributed by atoms with E-state index in [1.165, 1.54) is 11.3 Å². The first-order valence-corrected chi connectivity index (χ1v) is 7.12. The van der Waals surface area contributed by atoms with Crippen LogP contribution in [0.25, 0.3) is 11.3 Å². The summed E-state index contributed by atoms with van der Waals surface area (Å²) in [7, 11) is 0. The van der Waals surface area contributed by atoms with Gasteiger partial charge in [-0.1, -0.05) is 12.1 Å². The summed E-state index contributed by atoms with van der Waals surface area (Å²) in [6.07, 6.45) is 0. The Bertz CT molecular complexity index is 598. The van der Waals surface area contributed by atoms with Crippen molar-refractivity contribution in [3.63, 3.8) is 0 Å². The first kappa shape index (κ1) is 14.3. The zero-order valence-corrected chi connectivity index (χ0v) is 12.5. The fourth-order valence-corrected chi connectivity index (χ4v) is 2.30. The van der Waals surface area contributed by atoms with Crippen LogP contribution in [0.4, 0.5) is 15.6 Å². The van der Waals surface area contributed by atoms with Crippen molar-refractivity contribution < 1.29 is 4.79 Å². The van der Waals surface area contributed by atoms with Gasteiger partial charge in [0.25, 0.3) is 0 Å². The number of aromatic nitrogens is 1. The van der Waals surface area contributed by atoms with Gasteiger partial charge in [-0.25, -0.2) is 9.78 Å². The predicted molar refractivity (Wildman–Crippen MR) is 83.9 cm³/mol. The second kappa shape index (κ2) is 5.50. The van der Waals surface area contributed by atoms with Gasteiger partial charge in [-0.15, -0.1) is 11.3 Å². The summed E-state index contributed by atoms with van der Waals surface area (Å²) in [6, 6.07) is 7.21. The van der Waals surface area contributed by atoms with Crippen LogP contribution in [0.2, 0.25) is 0 Å². The molecule has 0 bridgehead atoms. The Hall–Kier alpha value is -2.08. The highest BCUT2D eigenvalue weighted by Crippen LogP contribution is 2.25. The summed E-state index contributed by atoms with van der Waals surface area (Å²) in [6.45, 7) is 5.77. The molecule has 1 aromatic carbocycles. The molecule has 0 aliphatic heterocycles. The van der Waals surface area contributed by atoms with E-state index in [1.807, 2.05) is 50.4 Å². The normalized spacial score (nSPS) is 11.2. The molecule has 0 saturated heterocycles. The van der Waals surface area contributed by atoms with Crippen LogP contribution < -0.4 is 16.4 Å². The standard InChI is InChI=1S/C14H18N4OS/c1-14(2,3)18-12(19)17-13-16-11(8-20-13)9-4-6-10(15)7-5-9/h4-8H,15H2,1-3H3,(H2,16,17,18,19). The summed E-state index contributed by atoms with van der Waals surface area (Å²) in [4.78, 5) is 16.1. The van der Waals surface area contributed by atoms with Crippen LogP contribution in [0.15, 0.2) is 29.6 Å². The van der Waals surface area contributed by atoms with E-state index in [4.69, 9.17) is 5.73 Å². The highest BCUT2D eigenvalue weighted by Gasteiger charge is 2.14. The van der Waals surface area contributed by atoms with E-state index < -0.39 is 0 Å². The predicted octanol–water partition coefficient (Wildman–Crippen LogP) is 3.31.